The predicted molar refractivity (Wildman–Crippen MR) is 128 cm³/mol. The molecule has 0 unspecified atom stereocenters. The number of nitrogens with zero attached hydrogens (tertiary/aromatic N) is 1. The maximum absolute atomic E-state index is 13.4. The maximum Gasteiger partial charge on any atom is 0.232 e. The van der Waals surface area contributed by atoms with Gasteiger partial charge in [0.05, 0.1) is 17.7 Å². The summed E-state index contributed by atoms with van der Waals surface area (Å²) >= 11 is 5.26. The van der Waals surface area contributed by atoms with Crippen LogP contribution in [0.25, 0.3) is 6.08 Å². The van der Waals surface area contributed by atoms with Gasteiger partial charge in [-0.05, 0) is 48.2 Å². The Labute approximate surface area is 203 Å². The van der Waals surface area contributed by atoms with Gasteiger partial charge >= 0.3 is 0 Å². The third-order valence-corrected chi connectivity index (χ3v) is 7.26. The van der Waals surface area contributed by atoms with Crippen molar-refractivity contribution in [3.05, 3.63) is 78.6 Å². The number of ketones is 1. The van der Waals surface area contributed by atoms with Gasteiger partial charge in [-0.25, -0.2) is 0 Å². The molecule has 3 aliphatic heterocycles. The molecule has 4 heterocycles. The molecule has 0 saturated heterocycles. The Morgan fingerprint density at radius 1 is 1.21 bits per heavy atom. The standard InChI is InChI=1S/C25H20BrNO5S/c1-14-5-20-19(10-27(12-30-20)9-18-3-2-4-33-18)25-22(14)23(28)21(32-25)8-15-6-17(26)7-16-11-29-13-31-24(15)16/h2-8H,9-13H2,1H3/b21-8-. The fourth-order valence-electron chi connectivity index (χ4n) is 4.46. The lowest BCUT2D eigenvalue weighted by molar-refractivity contribution is -0.0165. The van der Waals surface area contributed by atoms with E-state index in [0.717, 1.165) is 39.0 Å². The second-order valence-electron chi connectivity index (χ2n) is 8.25. The molecule has 1 aromatic heterocycles. The fourth-order valence-corrected chi connectivity index (χ4v) is 5.73. The van der Waals surface area contributed by atoms with E-state index in [1.54, 1.807) is 17.4 Å². The minimum absolute atomic E-state index is 0.124. The van der Waals surface area contributed by atoms with E-state index in [1.165, 1.54) is 4.88 Å². The predicted octanol–water partition coefficient (Wildman–Crippen LogP) is 5.65. The number of hydrogen-bond donors (Lipinski definition) is 0. The number of thiophene rings is 1. The summed E-state index contributed by atoms with van der Waals surface area (Å²) in [7, 11) is 0. The van der Waals surface area contributed by atoms with Crippen molar-refractivity contribution in [3.63, 3.8) is 0 Å². The molecule has 0 bridgehead atoms. The SMILES string of the molecule is Cc1cc2c(c3c1C(=O)/C(=C/c1cc(Br)cc4c1OCOC4)O3)CN(Cc1cccs1)CO2. The van der Waals surface area contributed by atoms with Gasteiger partial charge in [0.15, 0.2) is 12.6 Å². The Bertz CT molecular complexity index is 1300. The second kappa shape index (κ2) is 8.29. The third-order valence-electron chi connectivity index (χ3n) is 5.94. The van der Waals surface area contributed by atoms with Gasteiger partial charge in [-0.3, -0.25) is 9.69 Å². The first kappa shape index (κ1) is 20.9. The fraction of sp³-hybridized carbons (Fsp3) is 0.240. The number of fused-ring (bicyclic) bond motifs is 4. The Balaban J connectivity index is 1.36. The summed E-state index contributed by atoms with van der Waals surface area (Å²) < 4.78 is 24.3. The zero-order valence-corrected chi connectivity index (χ0v) is 20.3. The summed E-state index contributed by atoms with van der Waals surface area (Å²) in [5.74, 6) is 2.26. The largest absolute Gasteiger partial charge is 0.478 e. The lowest BCUT2D eigenvalue weighted by atomic mass is 9.98. The van der Waals surface area contributed by atoms with Crippen LogP contribution < -0.4 is 14.2 Å². The number of allylic oxidation sites excluding steroid dienone is 1. The zero-order chi connectivity index (χ0) is 22.5. The van der Waals surface area contributed by atoms with Crippen LogP contribution in [0.5, 0.6) is 17.2 Å². The van der Waals surface area contributed by atoms with Crippen LogP contribution in [-0.4, -0.2) is 24.2 Å². The number of rotatable bonds is 3. The summed E-state index contributed by atoms with van der Waals surface area (Å²) in [6.07, 6.45) is 1.76. The Morgan fingerprint density at radius 3 is 2.97 bits per heavy atom. The van der Waals surface area contributed by atoms with E-state index in [4.69, 9.17) is 18.9 Å². The lowest BCUT2D eigenvalue weighted by Crippen LogP contribution is -2.31. The highest BCUT2D eigenvalue weighted by Gasteiger charge is 2.36. The molecule has 168 valence electrons. The highest BCUT2D eigenvalue weighted by atomic mass is 79.9. The lowest BCUT2D eigenvalue weighted by Gasteiger charge is -2.29. The minimum atomic E-state index is -0.124. The molecule has 0 radical (unpaired) electrons. The van der Waals surface area contributed by atoms with Crippen LogP contribution in [0.3, 0.4) is 0 Å². The van der Waals surface area contributed by atoms with Crippen molar-refractivity contribution in [1.29, 1.82) is 0 Å². The van der Waals surface area contributed by atoms with Gasteiger partial charge in [-0.2, -0.15) is 0 Å². The molecule has 3 aromatic rings. The molecule has 0 fully saturated rings. The molecular weight excluding hydrogens is 506 g/mol. The number of Topliss-reactive ketones (excluding diaryl/α,β-unsaturated/α-hetero) is 1. The molecule has 0 amide bonds. The number of carbonyl (C=O) groups is 1. The Morgan fingerprint density at radius 2 is 2.12 bits per heavy atom. The van der Waals surface area contributed by atoms with E-state index in [-0.39, 0.29) is 18.3 Å². The average Bonchev–Trinajstić information content (AvgIpc) is 3.43. The van der Waals surface area contributed by atoms with E-state index < -0.39 is 0 Å². The molecule has 0 N–H and O–H groups in total. The molecule has 0 spiro atoms. The maximum atomic E-state index is 13.4. The molecule has 33 heavy (non-hydrogen) atoms. The van der Waals surface area contributed by atoms with Crippen LogP contribution in [0.1, 0.15) is 37.5 Å². The smallest absolute Gasteiger partial charge is 0.232 e. The topological polar surface area (TPSA) is 57.2 Å². The van der Waals surface area contributed by atoms with Crippen molar-refractivity contribution >= 4 is 39.1 Å². The normalized spacial score (nSPS) is 18.2. The van der Waals surface area contributed by atoms with Gasteiger partial charge in [-0.15, -0.1) is 11.3 Å². The molecule has 6 nitrogen and oxygen atoms in total. The minimum Gasteiger partial charge on any atom is -0.478 e. The van der Waals surface area contributed by atoms with Gasteiger partial charge < -0.3 is 18.9 Å². The zero-order valence-electron chi connectivity index (χ0n) is 17.9. The number of aryl methyl sites for hydroxylation is 1. The quantitative estimate of drug-likeness (QED) is 0.411. The Hall–Kier alpha value is -2.65. The summed E-state index contributed by atoms with van der Waals surface area (Å²) in [6.45, 7) is 4.52. The number of ether oxygens (including phenoxy) is 4. The Kier molecular flexibility index (Phi) is 5.25. The van der Waals surface area contributed by atoms with E-state index in [0.29, 0.717) is 36.9 Å². The van der Waals surface area contributed by atoms with Crippen LogP contribution in [0.4, 0.5) is 0 Å². The van der Waals surface area contributed by atoms with Crippen molar-refractivity contribution in [3.8, 4) is 17.2 Å². The van der Waals surface area contributed by atoms with Crippen LogP contribution in [-0.2, 0) is 24.4 Å². The van der Waals surface area contributed by atoms with Crippen molar-refractivity contribution in [2.24, 2.45) is 0 Å². The second-order valence-corrected chi connectivity index (χ2v) is 10.2. The number of halogens is 1. The van der Waals surface area contributed by atoms with Crippen molar-refractivity contribution in [2.75, 3.05) is 13.5 Å². The van der Waals surface area contributed by atoms with Crippen molar-refractivity contribution in [2.45, 2.75) is 26.6 Å². The van der Waals surface area contributed by atoms with E-state index in [9.17, 15) is 4.79 Å². The molecule has 2 aromatic carbocycles. The third kappa shape index (κ3) is 3.77. The van der Waals surface area contributed by atoms with Gasteiger partial charge in [0, 0.05) is 33.6 Å². The van der Waals surface area contributed by atoms with E-state index in [1.807, 2.05) is 25.1 Å². The summed E-state index contributed by atoms with van der Waals surface area (Å²) in [6, 6.07) is 10.00. The van der Waals surface area contributed by atoms with Gasteiger partial charge in [0.25, 0.3) is 0 Å². The first-order chi connectivity index (χ1) is 16.1. The molecule has 0 saturated carbocycles. The van der Waals surface area contributed by atoms with Gasteiger partial charge in [0.1, 0.15) is 24.0 Å². The highest BCUT2D eigenvalue weighted by Crippen LogP contribution is 2.45. The summed E-state index contributed by atoms with van der Waals surface area (Å²) in [5, 5.41) is 2.07. The van der Waals surface area contributed by atoms with Crippen LogP contribution in [0, 0.1) is 6.92 Å². The number of hydrogen-bond acceptors (Lipinski definition) is 7. The number of benzene rings is 2. The number of carbonyl (C=O) groups excluding carboxylic acids is 1. The van der Waals surface area contributed by atoms with Gasteiger partial charge in [0.2, 0.25) is 5.78 Å². The van der Waals surface area contributed by atoms with Crippen LogP contribution in [0.15, 0.2) is 45.9 Å². The summed E-state index contributed by atoms with van der Waals surface area (Å²) in [5.41, 5.74) is 4.08. The van der Waals surface area contributed by atoms with Crippen molar-refractivity contribution in [1.82, 2.24) is 4.90 Å². The molecular formula is C25H20BrNO5S. The molecule has 3 aliphatic rings. The monoisotopic (exact) mass is 525 g/mol. The van der Waals surface area contributed by atoms with Crippen LogP contribution in [0.2, 0.25) is 0 Å². The summed E-state index contributed by atoms with van der Waals surface area (Å²) in [4.78, 5) is 16.9. The van der Waals surface area contributed by atoms with Gasteiger partial charge in [-0.1, -0.05) is 22.0 Å². The molecule has 6 rings (SSSR count). The first-order valence-electron chi connectivity index (χ1n) is 10.6. The first-order valence-corrected chi connectivity index (χ1v) is 12.3. The molecule has 0 aliphatic carbocycles. The highest BCUT2D eigenvalue weighted by molar-refractivity contribution is 9.10. The van der Waals surface area contributed by atoms with Crippen LogP contribution >= 0.6 is 27.3 Å². The van der Waals surface area contributed by atoms with E-state index in [2.05, 4.69) is 38.3 Å². The van der Waals surface area contributed by atoms with Crippen molar-refractivity contribution < 1.29 is 23.7 Å². The average molecular weight is 526 g/mol. The molecule has 0 atom stereocenters. The van der Waals surface area contributed by atoms with E-state index >= 15 is 0 Å². The molecule has 8 heteroatoms.